The monoisotopic (exact) mass is 262 g/mol. The SMILES string of the molecule is CC(CCC(=O)O)NC(=O)CCSCC(N)=O. The zero-order valence-electron chi connectivity index (χ0n) is 9.77. The lowest BCUT2D eigenvalue weighted by atomic mass is 10.2. The van der Waals surface area contributed by atoms with Crippen LogP contribution in [0.1, 0.15) is 26.2 Å². The second-order valence-electron chi connectivity index (χ2n) is 3.67. The number of carbonyl (C=O) groups is 3. The van der Waals surface area contributed by atoms with Crippen LogP contribution in [-0.2, 0) is 14.4 Å². The number of hydrogen-bond donors (Lipinski definition) is 3. The lowest BCUT2D eigenvalue weighted by molar-refractivity contribution is -0.137. The van der Waals surface area contributed by atoms with Gasteiger partial charge in [-0.15, -0.1) is 0 Å². The summed E-state index contributed by atoms with van der Waals surface area (Å²) in [6, 6.07) is -0.153. The summed E-state index contributed by atoms with van der Waals surface area (Å²) in [5.41, 5.74) is 4.94. The van der Waals surface area contributed by atoms with Crippen molar-refractivity contribution in [2.24, 2.45) is 5.73 Å². The van der Waals surface area contributed by atoms with Gasteiger partial charge in [0.05, 0.1) is 5.75 Å². The number of carboxylic acid groups (broad SMARTS) is 1. The molecule has 98 valence electrons. The second kappa shape index (κ2) is 8.86. The van der Waals surface area contributed by atoms with Crippen LogP contribution in [0.15, 0.2) is 0 Å². The molecule has 0 aliphatic rings. The highest BCUT2D eigenvalue weighted by Crippen LogP contribution is 2.02. The molecule has 1 atom stereocenters. The van der Waals surface area contributed by atoms with Gasteiger partial charge in [-0.2, -0.15) is 11.8 Å². The number of carbonyl (C=O) groups excluding carboxylic acids is 2. The molecule has 0 aliphatic heterocycles. The van der Waals surface area contributed by atoms with Crippen LogP contribution < -0.4 is 11.1 Å². The fourth-order valence-corrected chi connectivity index (χ4v) is 1.77. The number of nitrogens with two attached hydrogens (primary N) is 1. The Hall–Kier alpha value is -1.24. The molecule has 17 heavy (non-hydrogen) atoms. The van der Waals surface area contributed by atoms with Gasteiger partial charge in [0.1, 0.15) is 0 Å². The van der Waals surface area contributed by atoms with Gasteiger partial charge in [-0.25, -0.2) is 0 Å². The van der Waals surface area contributed by atoms with E-state index in [0.29, 0.717) is 18.6 Å². The molecule has 0 saturated heterocycles. The van der Waals surface area contributed by atoms with Gasteiger partial charge in [0, 0.05) is 24.6 Å². The Balaban J connectivity index is 3.57. The number of rotatable bonds is 9. The summed E-state index contributed by atoms with van der Waals surface area (Å²) in [5, 5.41) is 11.2. The highest BCUT2D eigenvalue weighted by atomic mass is 32.2. The predicted molar refractivity (Wildman–Crippen MR) is 65.6 cm³/mol. The summed E-state index contributed by atoms with van der Waals surface area (Å²) in [5.74, 6) is -0.671. The van der Waals surface area contributed by atoms with Crippen LogP contribution in [0.2, 0.25) is 0 Å². The van der Waals surface area contributed by atoms with Crippen LogP contribution in [0.3, 0.4) is 0 Å². The van der Waals surface area contributed by atoms with Crippen molar-refractivity contribution >= 4 is 29.5 Å². The van der Waals surface area contributed by atoms with Crippen molar-refractivity contribution in [3.8, 4) is 0 Å². The average Bonchev–Trinajstić information content (AvgIpc) is 2.21. The molecule has 0 radical (unpaired) electrons. The van der Waals surface area contributed by atoms with Crippen molar-refractivity contribution in [2.45, 2.75) is 32.2 Å². The molecule has 0 aromatic rings. The molecular formula is C10H18N2O4S. The molecule has 1 unspecified atom stereocenters. The van der Waals surface area contributed by atoms with Gasteiger partial charge in [0.15, 0.2) is 0 Å². The van der Waals surface area contributed by atoms with Gasteiger partial charge in [0.2, 0.25) is 11.8 Å². The van der Waals surface area contributed by atoms with Gasteiger partial charge < -0.3 is 16.2 Å². The maximum absolute atomic E-state index is 11.4. The maximum atomic E-state index is 11.4. The van der Waals surface area contributed by atoms with Crippen molar-refractivity contribution in [3.63, 3.8) is 0 Å². The number of primary amides is 1. The fourth-order valence-electron chi connectivity index (χ4n) is 1.10. The maximum Gasteiger partial charge on any atom is 0.303 e. The number of hydrogen-bond acceptors (Lipinski definition) is 4. The Bertz CT molecular complexity index is 283. The van der Waals surface area contributed by atoms with Crippen LogP contribution in [-0.4, -0.2) is 40.4 Å². The Labute approximate surface area is 104 Å². The molecule has 0 saturated carbocycles. The minimum atomic E-state index is -0.872. The van der Waals surface area contributed by atoms with Crippen molar-refractivity contribution in [1.82, 2.24) is 5.32 Å². The predicted octanol–water partition coefficient (Wildman–Crippen LogP) is -0.0355. The normalized spacial score (nSPS) is 11.8. The van der Waals surface area contributed by atoms with Crippen molar-refractivity contribution < 1.29 is 19.5 Å². The van der Waals surface area contributed by atoms with Crippen molar-refractivity contribution in [2.75, 3.05) is 11.5 Å². The van der Waals surface area contributed by atoms with E-state index in [1.807, 2.05) is 0 Å². The van der Waals surface area contributed by atoms with E-state index >= 15 is 0 Å². The third-order valence-corrected chi connectivity index (χ3v) is 2.90. The quantitative estimate of drug-likeness (QED) is 0.505. The van der Waals surface area contributed by atoms with E-state index in [-0.39, 0.29) is 24.1 Å². The number of thioether (sulfide) groups is 1. The lowest BCUT2D eigenvalue weighted by Crippen LogP contribution is -2.33. The van der Waals surface area contributed by atoms with E-state index in [1.54, 1.807) is 6.92 Å². The number of nitrogens with one attached hydrogen (secondary N) is 1. The lowest BCUT2D eigenvalue weighted by Gasteiger charge is -2.12. The minimum absolute atomic E-state index is 0.0396. The third kappa shape index (κ3) is 11.0. The molecule has 0 heterocycles. The van der Waals surface area contributed by atoms with Crippen molar-refractivity contribution in [3.05, 3.63) is 0 Å². The van der Waals surface area contributed by atoms with Crippen molar-refractivity contribution in [1.29, 1.82) is 0 Å². The first-order valence-electron chi connectivity index (χ1n) is 5.29. The van der Waals surface area contributed by atoms with Crippen LogP contribution in [0.5, 0.6) is 0 Å². The van der Waals surface area contributed by atoms with E-state index < -0.39 is 11.9 Å². The number of carboxylic acids is 1. The van der Waals surface area contributed by atoms with Gasteiger partial charge in [-0.1, -0.05) is 0 Å². The van der Waals surface area contributed by atoms with E-state index in [9.17, 15) is 14.4 Å². The molecule has 0 spiro atoms. The van der Waals surface area contributed by atoms with E-state index in [0.717, 1.165) is 0 Å². The summed E-state index contributed by atoms with van der Waals surface area (Å²) >= 11 is 1.31. The topological polar surface area (TPSA) is 109 Å². The molecule has 0 aromatic heterocycles. The van der Waals surface area contributed by atoms with Gasteiger partial charge in [-0.05, 0) is 13.3 Å². The molecule has 0 fully saturated rings. The molecular weight excluding hydrogens is 244 g/mol. The zero-order valence-corrected chi connectivity index (χ0v) is 10.6. The second-order valence-corrected chi connectivity index (χ2v) is 4.78. The first kappa shape index (κ1) is 15.8. The smallest absolute Gasteiger partial charge is 0.303 e. The zero-order chi connectivity index (χ0) is 13.3. The Morgan fingerprint density at radius 3 is 2.53 bits per heavy atom. The molecule has 4 N–H and O–H groups in total. The summed E-state index contributed by atoms with van der Waals surface area (Å²) in [6.45, 7) is 1.76. The Kier molecular flexibility index (Phi) is 8.21. The van der Waals surface area contributed by atoms with Crippen LogP contribution in [0.4, 0.5) is 0 Å². The molecule has 0 bridgehead atoms. The highest BCUT2D eigenvalue weighted by molar-refractivity contribution is 7.99. The molecule has 0 rings (SSSR count). The van der Waals surface area contributed by atoms with Gasteiger partial charge in [0.25, 0.3) is 0 Å². The van der Waals surface area contributed by atoms with Crippen LogP contribution in [0.25, 0.3) is 0 Å². The summed E-state index contributed by atoms with van der Waals surface area (Å²) in [4.78, 5) is 32.1. The van der Waals surface area contributed by atoms with Gasteiger partial charge in [-0.3, -0.25) is 14.4 Å². The highest BCUT2D eigenvalue weighted by Gasteiger charge is 2.09. The Morgan fingerprint density at radius 2 is 2.00 bits per heavy atom. The first-order valence-corrected chi connectivity index (χ1v) is 6.44. The number of aliphatic carboxylic acids is 1. The molecule has 0 aliphatic carbocycles. The number of amides is 2. The molecule has 0 aromatic carbocycles. The molecule has 6 nitrogen and oxygen atoms in total. The van der Waals surface area contributed by atoms with Crippen LogP contribution in [0, 0.1) is 0 Å². The van der Waals surface area contributed by atoms with E-state index in [4.69, 9.17) is 10.8 Å². The summed E-state index contributed by atoms with van der Waals surface area (Å²) < 4.78 is 0. The molecule has 2 amide bonds. The van der Waals surface area contributed by atoms with E-state index in [1.165, 1.54) is 11.8 Å². The molecule has 7 heteroatoms. The van der Waals surface area contributed by atoms with Crippen LogP contribution >= 0.6 is 11.8 Å². The first-order chi connectivity index (χ1) is 7.91. The fraction of sp³-hybridized carbons (Fsp3) is 0.700. The van der Waals surface area contributed by atoms with Gasteiger partial charge >= 0.3 is 5.97 Å². The Morgan fingerprint density at radius 1 is 1.35 bits per heavy atom. The minimum Gasteiger partial charge on any atom is -0.481 e. The average molecular weight is 262 g/mol. The largest absolute Gasteiger partial charge is 0.481 e. The van der Waals surface area contributed by atoms with E-state index in [2.05, 4.69) is 5.32 Å². The summed E-state index contributed by atoms with van der Waals surface area (Å²) in [7, 11) is 0. The third-order valence-electron chi connectivity index (χ3n) is 1.92. The standard InChI is InChI=1S/C10H18N2O4S/c1-7(2-3-10(15)16)12-9(14)4-5-17-6-8(11)13/h7H,2-6H2,1H3,(H2,11,13)(H,12,14)(H,15,16). The summed E-state index contributed by atoms with van der Waals surface area (Å²) in [6.07, 6.45) is 0.753.